The van der Waals surface area contributed by atoms with Crippen molar-refractivity contribution in [1.29, 1.82) is 0 Å². The van der Waals surface area contributed by atoms with Gasteiger partial charge in [-0.15, -0.1) is 11.3 Å². The van der Waals surface area contributed by atoms with E-state index in [1.54, 1.807) is 11.3 Å². The summed E-state index contributed by atoms with van der Waals surface area (Å²) in [5.41, 5.74) is 4.35. The molecule has 1 aromatic carbocycles. The summed E-state index contributed by atoms with van der Waals surface area (Å²) in [6, 6.07) is 8.62. The molecule has 1 N–H and O–H groups in total. The Labute approximate surface area is 117 Å². The van der Waals surface area contributed by atoms with Crippen molar-refractivity contribution in [2.24, 2.45) is 0 Å². The number of fused-ring (bicyclic) bond motifs is 1. The predicted molar refractivity (Wildman–Crippen MR) is 77.8 cm³/mol. The number of nitrogens with one attached hydrogen (secondary N) is 1. The Hall–Kier alpha value is -1.39. The number of aromatic nitrogens is 1. The lowest BCUT2D eigenvalue weighted by atomic mass is 10.1. The van der Waals surface area contributed by atoms with Gasteiger partial charge in [-0.2, -0.15) is 0 Å². The molecule has 4 heteroatoms. The molecule has 0 bridgehead atoms. The Morgan fingerprint density at radius 1 is 1.47 bits per heavy atom. The summed E-state index contributed by atoms with van der Waals surface area (Å²) in [4.78, 5) is 5.61. The minimum atomic E-state index is 0.244. The van der Waals surface area contributed by atoms with Crippen molar-refractivity contribution >= 4 is 11.3 Å². The van der Waals surface area contributed by atoms with Crippen LogP contribution in [0.3, 0.4) is 0 Å². The topological polar surface area (TPSA) is 34.2 Å². The predicted octanol–water partition coefficient (Wildman–Crippen LogP) is 3.11. The first-order valence-electron chi connectivity index (χ1n) is 6.62. The molecule has 0 spiro atoms. The first-order valence-corrected chi connectivity index (χ1v) is 7.50. The molecule has 0 saturated heterocycles. The Bertz CT molecular complexity index is 542. The van der Waals surface area contributed by atoms with Crippen LogP contribution in [0.25, 0.3) is 0 Å². The molecule has 2 unspecified atom stereocenters. The molecule has 0 amide bonds. The highest BCUT2D eigenvalue weighted by atomic mass is 32.1. The van der Waals surface area contributed by atoms with Gasteiger partial charge in [0.2, 0.25) is 0 Å². The molecular formula is C15H18N2OS. The molecule has 0 radical (unpaired) electrons. The number of nitrogens with zero attached hydrogens (tertiary/aromatic N) is 1. The number of para-hydroxylation sites is 1. The summed E-state index contributed by atoms with van der Waals surface area (Å²) in [5, 5.41) is 3.55. The normalized spacial score (nSPS) is 18.9. The Morgan fingerprint density at radius 2 is 2.32 bits per heavy atom. The quantitative estimate of drug-likeness (QED) is 0.930. The number of hydrogen-bond acceptors (Lipinski definition) is 4. The van der Waals surface area contributed by atoms with Gasteiger partial charge in [0.1, 0.15) is 11.9 Å². The van der Waals surface area contributed by atoms with Gasteiger partial charge in [-0.25, -0.2) is 4.98 Å². The molecule has 100 valence electrons. The third-order valence-corrected chi connectivity index (χ3v) is 4.66. The van der Waals surface area contributed by atoms with E-state index in [0.717, 1.165) is 24.4 Å². The zero-order chi connectivity index (χ0) is 13.2. The number of rotatable bonds is 4. The van der Waals surface area contributed by atoms with Gasteiger partial charge in [-0.3, -0.25) is 0 Å². The molecule has 1 aromatic heterocycles. The van der Waals surface area contributed by atoms with Crippen molar-refractivity contribution < 1.29 is 4.74 Å². The summed E-state index contributed by atoms with van der Waals surface area (Å²) < 4.78 is 5.93. The van der Waals surface area contributed by atoms with Crippen molar-refractivity contribution in [2.75, 3.05) is 6.54 Å². The van der Waals surface area contributed by atoms with Crippen LogP contribution in [0, 0.1) is 6.92 Å². The van der Waals surface area contributed by atoms with E-state index >= 15 is 0 Å². The van der Waals surface area contributed by atoms with Crippen LogP contribution < -0.4 is 10.1 Å². The highest BCUT2D eigenvalue weighted by molar-refractivity contribution is 7.09. The zero-order valence-electron chi connectivity index (χ0n) is 11.2. The second kappa shape index (κ2) is 5.31. The first kappa shape index (κ1) is 12.6. The summed E-state index contributed by atoms with van der Waals surface area (Å²) in [5.74, 6) is 1.04. The SMILES string of the molecule is Cc1ncsc1C(C)NCC1Cc2ccccc2O1. The minimum absolute atomic E-state index is 0.244. The molecular weight excluding hydrogens is 256 g/mol. The molecule has 3 rings (SSSR count). The fraction of sp³-hybridized carbons (Fsp3) is 0.400. The lowest BCUT2D eigenvalue weighted by Gasteiger charge is -2.16. The second-order valence-electron chi connectivity index (χ2n) is 4.98. The van der Waals surface area contributed by atoms with E-state index < -0.39 is 0 Å². The van der Waals surface area contributed by atoms with E-state index in [9.17, 15) is 0 Å². The fourth-order valence-corrected chi connectivity index (χ4v) is 3.33. The highest BCUT2D eigenvalue weighted by Crippen LogP contribution is 2.28. The molecule has 2 aromatic rings. The van der Waals surface area contributed by atoms with Crippen LogP contribution in [0.4, 0.5) is 0 Å². The van der Waals surface area contributed by atoms with Gasteiger partial charge < -0.3 is 10.1 Å². The van der Waals surface area contributed by atoms with Gasteiger partial charge in [0.15, 0.2) is 0 Å². The van der Waals surface area contributed by atoms with Gasteiger partial charge in [0, 0.05) is 23.9 Å². The molecule has 2 atom stereocenters. The zero-order valence-corrected chi connectivity index (χ0v) is 12.0. The number of aryl methyl sites for hydroxylation is 1. The van der Waals surface area contributed by atoms with Crippen molar-refractivity contribution in [1.82, 2.24) is 10.3 Å². The minimum Gasteiger partial charge on any atom is -0.488 e. The van der Waals surface area contributed by atoms with Crippen LogP contribution in [-0.2, 0) is 6.42 Å². The highest BCUT2D eigenvalue weighted by Gasteiger charge is 2.23. The fourth-order valence-electron chi connectivity index (χ4n) is 2.50. The molecule has 2 heterocycles. The van der Waals surface area contributed by atoms with E-state index in [1.807, 2.05) is 17.6 Å². The van der Waals surface area contributed by atoms with Crippen molar-refractivity contribution in [3.05, 3.63) is 45.9 Å². The second-order valence-corrected chi connectivity index (χ2v) is 5.87. The van der Waals surface area contributed by atoms with Crippen molar-refractivity contribution in [3.63, 3.8) is 0 Å². The van der Waals surface area contributed by atoms with Gasteiger partial charge in [-0.1, -0.05) is 18.2 Å². The Kier molecular flexibility index (Phi) is 3.53. The van der Waals surface area contributed by atoms with E-state index in [1.165, 1.54) is 10.4 Å². The number of hydrogen-bond donors (Lipinski definition) is 1. The number of benzene rings is 1. The van der Waals surface area contributed by atoms with Crippen LogP contribution in [0.2, 0.25) is 0 Å². The monoisotopic (exact) mass is 274 g/mol. The Balaban J connectivity index is 1.56. The van der Waals surface area contributed by atoms with Gasteiger partial charge in [0.25, 0.3) is 0 Å². The van der Waals surface area contributed by atoms with Crippen LogP contribution in [0.1, 0.15) is 29.1 Å². The third-order valence-electron chi connectivity index (χ3n) is 3.54. The van der Waals surface area contributed by atoms with Crippen LogP contribution in [0.15, 0.2) is 29.8 Å². The summed E-state index contributed by atoms with van der Waals surface area (Å²) in [6.45, 7) is 5.11. The standard InChI is InChI=1S/C15H18N2OS/c1-10(15-11(2)17-9-19-15)16-8-13-7-12-5-3-4-6-14(12)18-13/h3-6,9-10,13,16H,7-8H2,1-2H3. The first-order chi connectivity index (χ1) is 9.24. The van der Waals surface area contributed by atoms with Crippen LogP contribution >= 0.6 is 11.3 Å². The van der Waals surface area contributed by atoms with E-state index in [0.29, 0.717) is 6.04 Å². The van der Waals surface area contributed by atoms with Crippen molar-refractivity contribution in [3.8, 4) is 5.75 Å². The average molecular weight is 274 g/mol. The van der Waals surface area contributed by atoms with Crippen LogP contribution in [0.5, 0.6) is 5.75 Å². The third kappa shape index (κ3) is 2.65. The maximum absolute atomic E-state index is 5.93. The molecule has 19 heavy (non-hydrogen) atoms. The van der Waals surface area contributed by atoms with Gasteiger partial charge >= 0.3 is 0 Å². The summed E-state index contributed by atoms with van der Waals surface area (Å²) >= 11 is 1.71. The van der Waals surface area contributed by atoms with Gasteiger partial charge in [0.05, 0.1) is 11.2 Å². The molecule has 1 aliphatic heterocycles. The molecule has 3 nitrogen and oxygen atoms in total. The molecule has 0 aliphatic carbocycles. The van der Waals surface area contributed by atoms with Crippen molar-refractivity contribution in [2.45, 2.75) is 32.4 Å². The van der Waals surface area contributed by atoms with E-state index in [-0.39, 0.29) is 6.10 Å². The van der Waals surface area contributed by atoms with E-state index in [2.05, 4.69) is 36.3 Å². The Morgan fingerprint density at radius 3 is 3.05 bits per heavy atom. The average Bonchev–Trinajstić information content (AvgIpc) is 3.01. The maximum Gasteiger partial charge on any atom is 0.123 e. The smallest absolute Gasteiger partial charge is 0.123 e. The lowest BCUT2D eigenvalue weighted by Crippen LogP contribution is -2.31. The summed E-state index contributed by atoms with van der Waals surface area (Å²) in [7, 11) is 0. The molecule has 0 fully saturated rings. The molecule has 0 saturated carbocycles. The summed E-state index contributed by atoms with van der Waals surface area (Å²) in [6.07, 6.45) is 1.24. The molecule has 1 aliphatic rings. The number of thiazole rings is 1. The maximum atomic E-state index is 5.93. The van der Waals surface area contributed by atoms with E-state index in [4.69, 9.17) is 4.74 Å². The number of ether oxygens (including phenoxy) is 1. The lowest BCUT2D eigenvalue weighted by molar-refractivity contribution is 0.223. The van der Waals surface area contributed by atoms with Crippen LogP contribution in [-0.4, -0.2) is 17.6 Å². The largest absolute Gasteiger partial charge is 0.488 e. The van der Waals surface area contributed by atoms with Gasteiger partial charge in [-0.05, 0) is 25.5 Å².